The van der Waals surface area contributed by atoms with Crippen molar-refractivity contribution in [3.63, 3.8) is 0 Å². The number of anilines is 1. The van der Waals surface area contributed by atoms with Gasteiger partial charge in [-0.05, 0) is 56.2 Å². The van der Waals surface area contributed by atoms with Crippen molar-refractivity contribution in [3.8, 4) is 0 Å². The molecular weight excluding hydrogens is 307 g/mol. The van der Waals surface area contributed by atoms with Crippen LogP contribution in [0.4, 0.5) is 10.1 Å². The molecule has 0 aliphatic rings. The van der Waals surface area contributed by atoms with Gasteiger partial charge in [-0.3, -0.25) is 9.59 Å². The monoisotopic (exact) mass is 328 g/mol. The van der Waals surface area contributed by atoms with E-state index < -0.39 is 11.3 Å². The first-order valence-electron chi connectivity index (χ1n) is 7.70. The van der Waals surface area contributed by atoms with E-state index in [1.54, 1.807) is 13.8 Å². The van der Waals surface area contributed by atoms with Crippen LogP contribution in [0, 0.1) is 18.2 Å². The van der Waals surface area contributed by atoms with Gasteiger partial charge in [-0.15, -0.1) is 0 Å². The third-order valence-corrected chi connectivity index (χ3v) is 3.94. The largest absolute Gasteiger partial charge is 0.351 e. The summed E-state index contributed by atoms with van der Waals surface area (Å²) in [5.74, 6) is -1.20. The van der Waals surface area contributed by atoms with Gasteiger partial charge < -0.3 is 10.6 Å². The van der Waals surface area contributed by atoms with E-state index in [2.05, 4.69) is 10.6 Å². The Hall–Kier alpha value is -2.69. The molecule has 2 amide bonds. The van der Waals surface area contributed by atoms with Crippen LogP contribution in [0.3, 0.4) is 0 Å². The molecule has 4 nitrogen and oxygen atoms in total. The Balaban J connectivity index is 1.99. The van der Waals surface area contributed by atoms with Gasteiger partial charge >= 0.3 is 0 Å². The van der Waals surface area contributed by atoms with Gasteiger partial charge in [0, 0.05) is 12.2 Å². The van der Waals surface area contributed by atoms with E-state index in [4.69, 9.17) is 0 Å². The van der Waals surface area contributed by atoms with E-state index in [1.165, 1.54) is 24.3 Å². The Labute approximate surface area is 141 Å². The Kier molecular flexibility index (Phi) is 5.34. The number of benzene rings is 2. The van der Waals surface area contributed by atoms with Gasteiger partial charge in [0.25, 0.3) is 0 Å². The minimum atomic E-state index is -1.25. The summed E-state index contributed by atoms with van der Waals surface area (Å²) in [5, 5.41) is 5.43. The summed E-state index contributed by atoms with van der Waals surface area (Å²) in [6, 6.07) is 13.1. The third-order valence-electron chi connectivity index (χ3n) is 3.94. The highest BCUT2D eigenvalue weighted by Gasteiger charge is 2.35. The summed E-state index contributed by atoms with van der Waals surface area (Å²) in [6.45, 7) is 5.44. The molecule has 0 aromatic heterocycles. The molecule has 2 aromatic rings. The summed E-state index contributed by atoms with van der Waals surface area (Å²) in [6.07, 6.45) is 0. The van der Waals surface area contributed by atoms with Crippen LogP contribution in [-0.2, 0) is 16.1 Å². The second kappa shape index (κ2) is 7.25. The first-order valence-corrected chi connectivity index (χ1v) is 7.70. The zero-order valence-corrected chi connectivity index (χ0v) is 14.0. The molecular formula is C19H21FN2O2. The normalized spacial score (nSPS) is 11.0. The van der Waals surface area contributed by atoms with Crippen LogP contribution in [-0.4, -0.2) is 11.8 Å². The molecule has 0 saturated heterocycles. The van der Waals surface area contributed by atoms with Gasteiger partial charge in [0.1, 0.15) is 11.2 Å². The van der Waals surface area contributed by atoms with Crippen molar-refractivity contribution >= 4 is 17.5 Å². The number of carbonyl (C=O) groups is 2. The molecule has 0 heterocycles. The number of aryl methyl sites for hydroxylation is 1. The first kappa shape index (κ1) is 17.7. The van der Waals surface area contributed by atoms with Crippen molar-refractivity contribution in [2.75, 3.05) is 5.32 Å². The maximum Gasteiger partial charge on any atom is 0.239 e. The van der Waals surface area contributed by atoms with Crippen LogP contribution in [0.25, 0.3) is 0 Å². The summed E-state index contributed by atoms with van der Waals surface area (Å²) in [4.78, 5) is 24.8. The average Bonchev–Trinajstić information content (AvgIpc) is 2.55. The van der Waals surface area contributed by atoms with Crippen molar-refractivity contribution < 1.29 is 14.0 Å². The molecule has 5 heteroatoms. The molecule has 0 saturated carbocycles. The molecule has 2 N–H and O–H groups in total. The molecule has 126 valence electrons. The third kappa shape index (κ3) is 4.19. The minimum Gasteiger partial charge on any atom is -0.351 e. The predicted molar refractivity (Wildman–Crippen MR) is 91.8 cm³/mol. The van der Waals surface area contributed by atoms with Gasteiger partial charge in [-0.25, -0.2) is 4.39 Å². The number of nitrogens with one attached hydrogen (secondary N) is 2. The molecule has 0 radical (unpaired) electrons. The number of halogens is 1. The fraction of sp³-hybridized carbons (Fsp3) is 0.263. The zero-order valence-electron chi connectivity index (χ0n) is 14.0. The van der Waals surface area contributed by atoms with Crippen LogP contribution in [0.1, 0.15) is 25.0 Å². The lowest BCUT2D eigenvalue weighted by Gasteiger charge is -2.23. The number of rotatable bonds is 5. The van der Waals surface area contributed by atoms with Crippen molar-refractivity contribution in [2.24, 2.45) is 5.41 Å². The minimum absolute atomic E-state index is 0.360. The van der Waals surface area contributed by atoms with E-state index in [9.17, 15) is 14.0 Å². The Morgan fingerprint density at radius 3 is 2.25 bits per heavy atom. The number of amides is 2. The first-order chi connectivity index (χ1) is 11.3. The van der Waals surface area contributed by atoms with Crippen LogP contribution < -0.4 is 10.6 Å². The number of hydrogen-bond acceptors (Lipinski definition) is 2. The molecule has 0 unspecified atom stereocenters. The summed E-state index contributed by atoms with van der Waals surface area (Å²) in [7, 11) is 0. The maximum atomic E-state index is 12.9. The van der Waals surface area contributed by atoms with Crippen molar-refractivity contribution in [1.82, 2.24) is 5.32 Å². The summed E-state index contributed by atoms with van der Waals surface area (Å²) < 4.78 is 12.9. The molecule has 0 spiro atoms. The molecule has 2 rings (SSSR count). The molecule has 0 aliphatic carbocycles. The van der Waals surface area contributed by atoms with E-state index in [-0.39, 0.29) is 11.7 Å². The van der Waals surface area contributed by atoms with Crippen molar-refractivity contribution in [2.45, 2.75) is 27.3 Å². The Morgan fingerprint density at radius 2 is 1.62 bits per heavy atom. The molecule has 0 fully saturated rings. The Bertz CT molecular complexity index is 739. The van der Waals surface area contributed by atoms with Crippen LogP contribution in [0.2, 0.25) is 0 Å². The highest BCUT2D eigenvalue weighted by Crippen LogP contribution is 2.20. The predicted octanol–water partition coefficient (Wildman–Crippen LogP) is 3.42. The lowest BCUT2D eigenvalue weighted by atomic mass is 9.90. The van der Waals surface area contributed by atoms with Gasteiger partial charge in [0.15, 0.2) is 0 Å². The van der Waals surface area contributed by atoms with E-state index in [0.29, 0.717) is 12.2 Å². The van der Waals surface area contributed by atoms with Crippen LogP contribution in [0.15, 0.2) is 48.5 Å². The highest BCUT2D eigenvalue weighted by molar-refractivity contribution is 6.09. The number of hydrogen-bond donors (Lipinski definition) is 2. The van der Waals surface area contributed by atoms with E-state index in [0.717, 1.165) is 11.1 Å². The summed E-state index contributed by atoms with van der Waals surface area (Å²) >= 11 is 0. The maximum absolute atomic E-state index is 12.9. The van der Waals surface area contributed by atoms with E-state index in [1.807, 2.05) is 31.2 Å². The second-order valence-corrected chi connectivity index (χ2v) is 6.20. The van der Waals surface area contributed by atoms with Crippen molar-refractivity contribution in [1.29, 1.82) is 0 Å². The molecule has 24 heavy (non-hydrogen) atoms. The molecule has 0 bridgehead atoms. The van der Waals surface area contributed by atoms with Gasteiger partial charge in [0.05, 0.1) is 0 Å². The SMILES string of the molecule is Cc1ccccc1CNC(=O)C(C)(C)C(=O)Nc1ccc(F)cc1. The quantitative estimate of drug-likeness (QED) is 0.826. The molecule has 2 aromatic carbocycles. The topological polar surface area (TPSA) is 58.2 Å². The number of carbonyl (C=O) groups excluding carboxylic acids is 2. The average molecular weight is 328 g/mol. The Morgan fingerprint density at radius 1 is 1.00 bits per heavy atom. The van der Waals surface area contributed by atoms with E-state index >= 15 is 0 Å². The fourth-order valence-electron chi connectivity index (χ4n) is 2.13. The van der Waals surface area contributed by atoms with Gasteiger partial charge in [0.2, 0.25) is 11.8 Å². The highest BCUT2D eigenvalue weighted by atomic mass is 19.1. The smallest absolute Gasteiger partial charge is 0.239 e. The lowest BCUT2D eigenvalue weighted by molar-refractivity contribution is -0.138. The van der Waals surface area contributed by atoms with Crippen molar-refractivity contribution in [3.05, 3.63) is 65.5 Å². The molecule has 0 atom stereocenters. The molecule has 0 aliphatic heterocycles. The van der Waals surface area contributed by atoms with Gasteiger partial charge in [-0.1, -0.05) is 24.3 Å². The second-order valence-electron chi connectivity index (χ2n) is 6.20. The standard InChI is InChI=1S/C19H21FN2O2/c1-13-6-4-5-7-14(13)12-21-17(23)19(2,3)18(24)22-16-10-8-15(20)9-11-16/h4-11H,12H2,1-3H3,(H,21,23)(H,22,24). The summed E-state index contributed by atoms with van der Waals surface area (Å²) in [5.41, 5.74) is 1.27. The van der Waals surface area contributed by atoms with Gasteiger partial charge in [-0.2, -0.15) is 0 Å². The van der Waals surface area contributed by atoms with Crippen LogP contribution in [0.5, 0.6) is 0 Å². The zero-order chi connectivity index (χ0) is 17.7. The lowest BCUT2D eigenvalue weighted by Crippen LogP contribution is -2.44. The fourth-order valence-corrected chi connectivity index (χ4v) is 2.13. The van der Waals surface area contributed by atoms with Crippen LogP contribution >= 0.6 is 0 Å².